The first-order chi connectivity index (χ1) is 13.2. The van der Waals surface area contributed by atoms with Crippen LogP contribution in [-0.4, -0.2) is 67.1 Å². The highest BCUT2D eigenvalue weighted by molar-refractivity contribution is 5.73. The summed E-state index contributed by atoms with van der Waals surface area (Å²) in [6, 6.07) is 3.98. The highest BCUT2D eigenvalue weighted by Gasteiger charge is 2.49. The number of anilines is 1. The van der Waals surface area contributed by atoms with Crippen LogP contribution >= 0.6 is 0 Å². The number of nitrogens with zero attached hydrogens (tertiary/aromatic N) is 6. The molecule has 1 spiro atoms. The number of alkyl halides is 3. The van der Waals surface area contributed by atoms with Crippen molar-refractivity contribution >= 4 is 11.9 Å². The molecule has 1 N–H and O–H groups in total. The van der Waals surface area contributed by atoms with Crippen molar-refractivity contribution in [2.75, 3.05) is 24.5 Å². The maximum atomic E-state index is 10.6. The monoisotopic (exact) mass is 398 g/mol. The fourth-order valence-corrected chi connectivity index (χ4v) is 3.52. The van der Waals surface area contributed by atoms with Gasteiger partial charge in [0.25, 0.3) is 0 Å². The average Bonchev–Trinajstić information content (AvgIpc) is 3.27. The van der Waals surface area contributed by atoms with Crippen LogP contribution in [0.3, 0.4) is 0 Å². The summed E-state index contributed by atoms with van der Waals surface area (Å²) < 4.78 is 33.6. The Balaban J connectivity index is 0.000000279. The van der Waals surface area contributed by atoms with Crippen LogP contribution in [0.4, 0.5) is 19.1 Å². The molecule has 8 nitrogen and oxygen atoms in total. The van der Waals surface area contributed by atoms with Crippen LogP contribution < -0.4 is 4.90 Å². The molecule has 2 saturated heterocycles. The molecular formula is C17H21F3N6O2. The summed E-state index contributed by atoms with van der Waals surface area (Å²) in [5.41, 5.74) is 1.46. The van der Waals surface area contributed by atoms with E-state index in [1.54, 1.807) is 0 Å². The highest BCUT2D eigenvalue weighted by Crippen LogP contribution is 2.40. The van der Waals surface area contributed by atoms with E-state index in [-0.39, 0.29) is 0 Å². The SMILES string of the molecule is Cn1ccc(CN2CCC23CCN(c2ncccn2)C3)n1.O=C(O)C(F)(F)F. The minimum absolute atomic E-state index is 0.302. The number of rotatable bonds is 3. The average molecular weight is 398 g/mol. The summed E-state index contributed by atoms with van der Waals surface area (Å²) in [5, 5.41) is 11.6. The second-order valence-electron chi connectivity index (χ2n) is 6.90. The first-order valence-corrected chi connectivity index (χ1v) is 8.75. The summed E-state index contributed by atoms with van der Waals surface area (Å²) in [6.45, 7) is 4.19. The maximum absolute atomic E-state index is 10.6. The van der Waals surface area contributed by atoms with Crippen molar-refractivity contribution in [2.45, 2.75) is 31.1 Å². The number of aromatic nitrogens is 4. The molecular weight excluding hydrogens is 377 g/mol. The van der Waals surface area contributed by atoms with Gasteiger partial charge < -0.3 is 10.0 Å². The van der Waals surface area contributed by atoms with Crippen molar-refractivity contribution in [3.63, 3.8) is 0 Å². The molecule has 0 aromatic carbocycles. The minimum atomic E-state index is -5.08. The number of hydrogen-bond donors (Lipinski definition) is 1. The van der Waals surface area contributed by atoms with Gasteiger partial charge in [-0.3, -0.25) is 9.58 Å². The van der Waals surface area contributed by atoms with Gasteiger partial charge in [0.05, 0.1) is 5.69 Å². The third kappa shape index (κ3) is 4.41. The van der Waals surface area contributed by atoms with Gasteiger partial charge >= 0.3 is 12.1 Å². The molecule has 1 unspecified atom stereocenters. The number of carbonyl (C=O) groups is 1. The molecule has 11 heteroatoms. The highest BCUT2D eigenvalue weighted by atomic mass is 19.4. The number of carboxylic acid groups (broad SMARTS) is 1. The third-order valence-electron chi connectivity index (χ3n) is 5.05. The van der Waals surface area contributed by atoms with Crippen LogP contribution in [0.2, 0.25) is 0 Å². The van der Waals surface area contributed by atoms with Crippen LogP contribution in [-0.2, 0) is 18.4 Å². The molecule has 0 amide bonds. The zero-order valence-electron chi connectivity index (χ0n) is 15.3. The number of carboxylic acids is 1. The predicted molar refractivity (Wildman–Crippen MR) is 93.5 cm³/mol. The lowest BCUT2D eigenvalue weighted by atomic mass is 9.83. The van der Waals surface area contributed by atoms with E-state index in [2.05, 4.69) is 30.9 Å². The van der Waals surface area contributed by atoms with E-state index in [1.807, 2.05) is 36.4 Å². The molecule has 2 aromatic heterocycles. The second-order valence-corrected chi connectivity index (χ2v) is 6.90. The number of likely N-dealkylation sites (tertiary alicyclic amines) is 1. The van der Waals surface area contributed by atoms with Crippen molar-refractivity contribution in [1.82, 2.24) is 24.6 Å². The molecule has 0 radical (unpaired) electrons. The van der Waals surface area contributed by atoms with Gasteiger partial charge in [0.15, 0.2) is 0 Å². The van der Waals surface area contributed by atoms with Gasteiger partial charge in [0.1, 0.15) is 0 Å². The molecule has 4 heterocycles. The molecule has 1 atom stereocenters. The maximum Gasteiger partial charge on any atom is 0.490 e. The molecule has 152 valence electrons. The number of halogens is 3. The molecule has 28 heavy (non-hydrogen) atoms. The zero-order chi connectivity index (χ0) is 20.4. The summed E-state index contributed by atoms with van der Waals surface area (Å²) >= 11 is 0. The number of aryl methyl sites for hydroxylation is 1. The van der Waals surface area contributed by atoms with Crippen LogP contribution in [0, 0.1) is 0 Å². The van der Waals surface area contributed by atoms with E-state index in [1.165, 1.54) is 19.4 Å². The van der Waals surface area contributed by atoms with Crippen molar-refractivity contribution in [3.8, 4) is 0 Å². The van der Waals surface area contributed by atoms with E-state index in [0.717, 1.165) is 31.3 Å². The fourth-order valence-electron chi connectivity index (χ4n) is 3.52. The van der Waals surface area contributed by atoms with E-state index in [0.29, 0.717) is 5.54 Å². The molecule has 2 aliphatic rings. The predicted octanol–water partition coefficient (Wildman–Crippen LogP) is 1.70. The van der Waals surface area contributed by atoms with Gasteiger partial charge in [0.2, 0.25) is 5.95 Å². The summed E-state index contributed by atoms with van der Waals surface area (Å²) in [6.07, 6.45) is 3.03. The van der Waals surface area contributed by atoms with Crippen LogP contribution in [0.25, 0.3) is 0 Å². The van der Waals surface area contributed by atoms with Crippen LogP contribution in [0.1, 0.15) is 18.5 Å². The minimum Gasteiger partial charge on any atom is -0.475 e. The van der Waals surface area contributed by atoms with Gasteiger partial charge in [0, 0.05) is 57.4 Å². The Labute approximate surface area is 159 Å². The van der Waals surface area contributed by atoms with Gasteiger partial charge in [-0.15, -0.1) is 0 Å². The van der Waals surface area contributed by atoms with Gasteiger partial charge in [-0.2, -0.15) is 18.3 Å². The topological polar surface area (TPSA) is 87.4 Å². The van der Waals surface area contributed by atoms with Gasteiger partial charge in [-0.05, 0) is 25.0 Å². The van der Waals surface area contributed by atoms with Crippen LogP contribution in [0.15, 0.2) is 30.7 Å². The largest absolute Gasteiger partial charge is 0.490 e. The number of hydrogen-bond acceptors (Lipinski definition) is 6. The summed E-state index contributed by atoms with van der Waals surface area (Å²) in [5.74, 6) is -1.90. The molecule has 2 aromatic rings. The Morgan fingerprint density at radius 1 is 1.25 bits per heavy atom. The Morgan fingerprint density at radius 3 is 2.39 bits per heavy atom. The second kappa shape index (κ2) is 7.74. The molecule has 0 saturated carbocycles. The Hall–Kier alpha value is -2.69. The Kier molecular flexibility index (Phi) is 5.54. The van der Waals surface area contributed by atoms with Crippen molar-refractivity contribution in [2.24, 2.45) is 7.05 Å². The standard InChI is InChI=1S/C15H20N6.C2HF3O2/c1-19-8-3-13(18-19)11-21-10-5-15(21)4-9-20(12-15)14-16-6-2-7-17-14;3-2(4,5)1(6)7/h2-3,6-8H,4-5,9-12H2,1H3;(H,6,7). The van der Waals surface area contributed by atoms with Crippen molar-refractivity contribution < 1.29 is 23.1 Å². The lowest BCUT2D eigenvalue weighted by Crippen LogP contribution is -2.60. The summed E-state index contributed by atoms with van der Waals surface area (Å²) in [7, 11) is 1.97. The number of aliphatic carboxylic acids is 1. The lowest BCUT2D eigenvalue weighted by molar-refractivity contribution is -0.192. The Bertz CT molecular complexity index is 813. The fraction of sp³-hybridized carbons (Fsp3) is 0.529. The smallest absolute Gasteiger partial charge is 0.475 e. The quantitative estimate of drug-likeness (QED) is 0.842. The van der Waals surface area contributed by atoms with Gasteiger partial charge in [-0.25, -0.2) is 14.8 Å². The lowest BCUT2D eigenvalue weighted by Gasteiger charge is -2.50. The summed E-state index contributed by atoms with van der Waals surface area (Å²) in [4.78, 5) is 22.5. The third-order valence-corrected chi connectivity index (χ3v) is 5.05. The Morgan fingerprint density at radius 2 is 1.89 bits per heavy atom. The van der Waals surface area contributed by atoms with E-state index in [4.69, 9.17) is 9.90 Å². The van der Waals surface area contributed by atoms with E-state index < -0.39 is 12.1 Å². The molecule has 2 fully saturated rings. The van der Waals surface area contributed by atoms with Gasteiger partial charge in [-0.1, -0.05) is 0 Å². The van der Waals surface area contributed by atoms with Crippen molar-refractivity contribution in [3.05, 3.63) is 36.4 Å². The van der Waals surface area contributed by atoms with Crippen LogP contribution in [0.5, 0.6) is 0 Å². The molecule has 2 aliphatic heterocycles. The first-order valence-electron chi connectivity index (χ1n) is 8.75. The molecule has 0 bridgehead atoms. The molecule has 0 aliphatic carbocycles. The van der Waals surface area contributed by atoms with E-state index in [9.17, 15) is 13.2 Å². The zero-order valence-corrected chi connectivity index (χ0v) is 15.3. The van der Waals surface area contributed by atoms with E-state index >= 15 is 0 Å². The van der Waals surface area contributed by atoms with Crippen molar-refractivity contribution in [1.29, 1.82) is 0 Å². The molecule has 4 rings (SSSR count). The first kappa shape index (κ1) is 20.1. The normalized spacial score (nSPS) is 21.9.